The number of aromatic nitrogens is 6. The molecule has 0 spiro atoms. The molecule has 0 amide bonds. The zero-order chi connectivity index (χ0) is 24.0. The number of halogens is 2. The average Bonchev–Trinajstić information content (AvgIpc) is 3.34. The van der Waals surface area contributed by atoms with Gasteiger partial charge in [0.2, 0.25) is 5.95 Å². The number of alkyl halides is 2. The molecule has 0 unspecified atom stereocenters. The second-order valence-electron chi connectivity index (χ2n) is 9.12. The molecule has 3 N–H and O–H groups in total. The van der Waals surface area contributed by atoms with Crippen molar-refractivity contribution in [1.29, 1.82) is 0 Å². The number of hydrogen-bond donors (Lipinski definition) is 2. The summed E-state index contributed by atoms with van der Waals surface area (Å²) in [6.07, 6.45) is 1.04. The summed E-state index contributed by atoms with van der Waals surface area (Å²) in [6.45, 7) is 7.27. The minimum absolute atomic E-state index is 0.115. The number of nitrogen functional groups attached to an aromatic ring is 1. The molecule has 0 aliphatic carbocycles. The first kappa shape index (κ1) is 22.5. The number of imidazole rings is 1. The number of pyridine rings is 1. The van der Waals surface area contributed by atoms with Crippen molar-refractivity contribution >= 4 is 28.4 Å². The van der Waals surface area contributed by atoms with Crippen LogP contribution < -0.4 is 11.1 Å². The third-order valence-electron chi connectivity index (χ3n) is 6.36. The summed E-state index contributed by atoms with van der Waals surface area (Å²) in [5.74, 6) is 1.70. The monoisotopic (exact) mass is 469 g/mol. The maximum absolute atomic E-state index is 12.6. The van der Waals surface area contributed by atoms with E-state index in [0.717, 1.165) is 41.1 Å². The van der Waals surface area contributed by atoms with Gasteiger partial charge in [-0.2, -0.15) is 4.98 Å². The van der Waals surface area contributed by atoms with Crippen LogP contribution in [0.4, 0.5) is 20.5 Å². The zero-order valence-electron chi connectivity index (χ0n) is 19.5. The summed E-state index contributed by atoms with van der Waals surface area (Å²) in [4.78, 5) is 15.8. The van der Waals surface area contributed by atoms with Gasteiger partial charge in [0, 0.05) is 36.9 Å². The molecule has 4 aromatic rings. The molecule has 0 aromatic carbocycles. The van der Waals surface area contributed by atoms with Crippen LogP contribution in [-0.2, 0) is 0 Å². The molecule has 11 heteroatoms. The Morgan fingerprint density at radius 2 is 1.88 bits per heavy atom. The lowest BCUT2D eigenvalue weighted by Gasteiger charge is -2.31. The van der Waals surface area contributed by atoms with Crippen molar-refractivity contribution in [3.05, 3.63) is 30.2 Å². The number of aryl methyl sites for hydroxylation is 1. The molecule has 0 bridgehead atoms. The SMILES string of the molecule is Cc1nc2ccc(-c3ccn4nc(NC5CCN(CC(F)F)CC5)nc(N)c34)nc2n1C(C)C. The molecular weight excluding hydrogens is 440 g/mol. The topological polar surface area (TPSA) is 102 Å². The highest BCUT2D eigenvalue weighted by Gasteiger charge is 2.23. The Morgan fingerprint density at radius 3 is 2.59 bits per heavy atom. The van der Waals surface area contributed by atoms with Crippen LogP contribution in [0, 0.1) is 6.92 Å². The van der Waals surface area contributed by atoms with Crippen LogP contribution in [-0.4, -0.2) is 66.1 Å². The summed E-state index contributed by atoms with van der Waals surface area (Å²) < 4.78 is 29.0. The van der Waals surface area contributed by atoms with E-state index in [0.29, 0.717) is 30.4 Å². The molecule has 0 saturated carbocycles. The number of rotatable bonds is 6. The van der Waals surface area contributed by atoms with E-state index in [1.165, 1.54) is 0 Å². The van der Waals surface area contributed by atoms with E-state index in [1.807, 2.05) is 31.3 Å². The van der Waals surface area contributed by atoms with Crippen LogP contribution in [0.1, 0.15) is 38.6 Å². The lowest BCUT2D eigenvalue weighted by atomic mass is 10.1. The molecule has 9 nitrogen and oxygen atoms in total. The maximum Gasteiger partial charge on any atom is 0.251 e. The highest BCUT2D eigenvalue weighted by molar-refractivity contribution is 5.88. The van der Waals surface area contributed by atoms with E-state index in [-0.39, 0.29) is 18.6 Å². The Hall–Kier alpha value is -3.34. The summed E-state index contributed by atoms with van der Waals surface area (Å²) in [5, 5.41) is 7.91. The van der Waals surface area contributed by atoms with Gasteiger partial charge in [-0.15, -0.1) is 5.10 Å². The molecule has 1 aliphatic heterocycles. The Morgan fingerprint density at radius 1 is 1.12 bits per heavy atom. The Kier molecular flexibility index (Phi) is 5.80. The number of likely N-dealkylation sites (tertiary alicyclic amines) is 1. The quantitative estimate of drug-likeness (QED) is 0.443. The van der Waals surface area contributed by atoms with Gasteiger partial charge in [-0.25, -0.2) is 23.3 Å². The molecule has 1 fully saturated rings. The fourth-order valence-electron chi connectivity index (χ4n) is 4.81. The van der Waals surface area contributed by atoms with Gasteiger partial charge >= 0.3 is 0 Å². The molecule has 0 radical (unpaired) electrons. The van der Waals surface area contributed by atoms with Crippen molar-refractivity contribution in [2.45, 2.75) is 52.1 Å². The van der Waals surface area contributed by atoms with Gasteiger partial charge in [-0.3, -0.25) is 4.90 Å². The minimum atomic E-state index is -2.30. The number of piperidine rings is 1. The van der Waals surface area contributed by atoms with Gasteiger partial charge in [-0.1, -0.05) is 0 Å². The van der Waals surface area contributed by atoms with E-state index in [9.17, 15) is 8.78 Å². The molecule has 1 aliphatic rings. The lowest BCUT2D eigenvalue weighted by molar-refractivity contribution is 0.0769. The van der Waals surface area contributed by atoms with Crippen molar-refractivity contribution in [1.82, 2.24) is 34.0 Å². The standard InChI is InChI=1S/C23H29F2N9/c1-13(2)34-14(3)27-18-5-4-17(29-22(18)34)16-8-11-33-20(16)21(26)30-23(31-33)28-15-6-9-32(10-7-15)12-19(24)25/h4-5,8,11,13,15,19H,6-7,9-10,12H2,1-3H3,(H3,26,28,30,31). The van der Waals surface area contributed by atoms with Crippen molar-refractivity contribution in [3.8, 4) is 11.3 Å². The predicted molar refractivity (Wildman–Crippen MR) is 128 cm³/mol. The molecule has 34 heavy (non-hydrogen) atoms. The van der Waals surface area contributed by atoms with Crippen LogP contribution in [0.15, 0.2) is 24.4 Å². The van der Waals surface area contributed by atoms with Crippen LogP contribution in [0.2, 0.25) is 0 Å². The molecule has 0 atom stereocenters. The van der Waals surface area contributed by atoms with Gasteiger partial charge in [0.15, 0.2) is 11.5 Å². The Balaban J connectivity index is 1.41. The zero-order valence-corrected chi connectivity index (χ0v) is 19.5. The first-order valence-electron chi connectivity index (χ1n) is 11.6. The van der Waals surface area contributed by atoms with E-state index in [4.69, 9.17) is 10.7 Å². The third-order valence-corrected chi connectivity index (χ3v) is 6.36. The van der Waals surface area contributed by atoms with E-state index < -0.39 is 6.43 Å². The second kappa shape index (κ2) is 8.79. The van der Waals surface area contributed by atoms with Crippen LogP contribution in [0.3, 0.4) is 0 Å². The fraction of sp³-hybridized carbons (Fsp3) is 0.478. The molecular formula is C23H29F2N9. The van der Waals surface area contributed by atoms with Gasteiger partial charge in [-0.05, 0) is 51.8 Å². The van der Waals surface area contributed by atoms with Gasteiger partial charge in [0.25, 0.3) is 6.43 Å². The number of fused-ring (bicyclic) bond motifs is 2. The molecule has 4 aromatic heterocycles. The van der Waals surface area contributed by atoms with Crippen molar-refractivity contribution in [2.24, 2.45) is 0 Å². The van der Waals surface area contributed by atoms with Gasteiger partial charge < -0.3 is 15.6 Å². The normalized spacial score (nSPS) is 15.9. The largest absolute Gasteiger partial charge is 0.382 e. The summed E-state index contributed by atoms with van der Waals surface area (Å²) >= 11 is 0. The maximum atomic E-state index is 12.6. The van der Waals surface area contributed by atoms with Crippen LogP contribution in [0.5, 0.6) is 0 Å². The second-order valence-corrected chi connectivity index (χ2v) is 9.12. The van der Waals surface area contributed by atoms with E-state index in [2.05, 4.69) is 38.8 Å². The summed E-state index contributed by atoms with van der Waals surface area (Å²) in [5.41, 5.74) is 10.4. The number of nitrogens with one attached hydrogen (secondary N) is 1. The van der Waals surface area contributed by atoms with Gasteiger partial charge in [0.1, 0.15) is 16.9 Å². The van der Waals surface area contributed by atoms with Crippen LogP contribution in [0.25, 0.3) is 27.9 Å². The fourth-order valence-corrected chi connectivity index (χ4v) is 4.81. The number of nitrogens with two attached hydrogens (primary N) is 1. The van der Waals surface area contributed by atoms with Crippen molar-refractivity contribution < 1.29 is 8.78 Å². The van der Waals surface area contributed by atoms with E-state index >= 15 is 0 Å². The highest BCUT2D eigenvalue weighted by Crippen LogP contribution is 2.30. The first-order chi connectivity index (χ1) is 16.3. The molecule has 1 saturated heterocycles. The summed E-state index contributed by atoms with van der Waals surface area (Å²) in [7, 11) is 0. The highest BCUT2D eigenvalue weighted by atomic mass is 19.3. The molecule has 5 heterocycles. The lowest BCUT2D eigenvalue weighted by Crippen LogP contribution is -2.41. The predicted octanol–water partition coefficient (Wildman–Crippen LogP) is 3.75. The summed E-state index contributed by atoms with van der Waals surface area (Å²) in [6, 6.07) is 6.20. The number of hydrogen-bond acceptors (Lipinski definition) is 7. The van der Waals surface area contributed by atoms with Gasteiger partial charge in [0.05, 0.1) is 12.2 Å². The van der Waals surface area contributed by atoms with E-state index in [1.54, 1.807) is 9.42 Å². The minimum Gasteiger partial charge on any atom is -0.382 e. The molecule has 5 rings (SSSR count). The Labute approximate surface area is 196 Å². The third kappa shape index (κ3) is 4.15. The average molecular weight is 470 g/mol. The van der Waals surface area contributed by atoms with Crippen molar-refractivity contribution in [3.63, 3.8) is 0 Å². The van der Waals surface area contributed by atoms with Crippen molar-refractivity contribution in [2.75, 3.05) is 30.7 Å². The smallest absolute Gasteiger partial charge is 0.251 e. The molecule has 180 valence electrons. The Bertz CT molecular complexity index is 1320. The number of anilines is 2. The first-order valence-corrected chi connectivity index (χ1v) is 11.6. The number of nitrogens with zero attached hydrogens (tertiary/aromatic N) is 7. The van der Waals surface area contributed by atoms with Crippen LogP contribution >= 0.6 is 0 Å².